The van der Waals surface area contributed by atoms with Gasteiger partial charge in [-0.15, -0.1) is 0 Å². The van der Waals surface area contributed by atoms with E-state index < -0.39 is 0 Å². The van der Waals surface area contributed by atoms with Crippen molar-refractivity contribution >= 4 is 23.2 Å². The number of pyridine rings is 1. The zero-order valence-corrected chi connectivity index (χ0v) is 11.8. The first-order valence-electron chi connectivity index (χ1n) is 6.40. The van der Waals surface area contributed by atoms with E-state index in [9.17, 15) is 9.59 Å². The van der Waals surface area contributed by atoms with Crippen molar-refractivity contribution in [2.75, 3.05) is 0 Å². The van der Waals surface area contributed by atoms with Gasteiger partial charge in [0.25, 0.3) is 5.56 Å². The minimum atomic E-state index is -0.346. The van der Waals surface area contributed by atoms with Crippen molar-refractivity contribution in [2.24, 2.45) is 5.92 Å². The second-order valence-corrected chi connectivity index (χ2v) is 5.68. The fraction of sp³-hybridized carbons (Fsp3) is 0.357. The van der Waals surface area contributed by atoms with Crippen LogP contribution in [0.2, 0.25) is 5.02 Å². The van der Waals surface area contributed by atoms with E-state index in [-0.39, 0.29) is 35.7 Å². The fourth-order valence-corrected chi connectivity index (χ4v) is 2.66. The molecule has 0 spiro atoms. The average Bonchev–Trinajstić information content (AvgIpc) is 2.38. The number of halogens is 1. The monoisotopic (exact) mass is 292 g/mol. The van der Waals surface area contributed by atoms with E-state index in [1.807, 2.05) is 13.8 Å². The third kappa shape index (κ3) is 1.98. The van der Waals surface area contributed by atoms with Crippen molar-refractivity contribution < 1.29 is 9.53 Å². The predicted octanol–water partition coefficient (Wildman–Crippen LogP) is 2.40. The largest absolute Gasteiger partial charge is 0.407 e. The van der Waals surface area contributed by atoms with E-state index in [0.29, 0.717) is 16.2 Å². The van der Waals surface area contributed by atoms with Crippen LogP contribution in [0.5, 0.6) is 5.88 Å². The number of nitrogens with zero attached hydrogens (tertiary/aromatic N) is 2. The number of ether oxygens (including phenoxy) is 1. The molecule has 2 aromatic heterocycles. The molecule has 0 saturated heterocycles. The number of esters is 1. The molecule has 3 rings (SSSR count). The highest BCUT2D eigenvalue weighted by Gasteiger charge is 2.33. The molecule has 6 heteroatoms. The first kappa shape index (κ1) is 13.1. The third-order valence-electron chi connectivity index (χ3n) is 3.56. The van der Waals surface area contributed by atoms with E-state index in [1.165, 1.54) is 10.6 Å². The fourth-order valence-electron chi connectivity index (χ4n) is 2.50. The Balaban J connectivity index is 2.35. The maximum Gasteiger partial charge on any atom is 0.313 e. The van der Waals surface area contributed by atoms with E-state index in [4.69, 9.17) is 16.3 Å². The molecule has 3 heterocycles. The first-order chi connectivity index (χ1) is 9.47. The third-order valence-corrected chi connectivity index (χ3v) is 3.78. The summed E-state index contributed by atoms with van der Waals surface area (Å²) in [5.74, 6) is -0.246. The molecule has 0 N–H and O–H groups in total. The normalized spacial score (nSPS) is 18.2. The molecule has 0 bridgehead atoms. The van der Waals surface area contributed by atoms with Crippen molar-refractivity contribution in [3.63, 3.8) is 0 Å². The molecule has 0 radical (unpaired) electrons. The molecule has 2 aromatic rings. The summed E-state index contributed by atoms with van der Waals surface area (Å²) in [5, 5.41) is 0.454. The molecule has 0 saturated carbocycles. The lowest BCUT2D eigenvalue weighted by Gasteiger charge is -2.25. The van der Waals surface area contributed by atoms with Crippen molar-refractivity contribution in [1.29, 1.82) is 0 Å². The molecule has 20 heavy (non-hydrogen) atoms. The minimum Gasteiger partial charge on any atom is -0.407 e. The van der Waals surface area contributed by atoms with Crippen LogP contribution in [0, 0.1) is 5.92 Å². The van der Waals surface area contributed by atoms with Gasteiger partial charge in [0.15, 0.2) is 0 Å². The number of aromatic nitrogens is 2. The smallest absolute Gasteiger partial charge is 0.313 e. The van der Waals surface area contributed by atoms with E-state index >= 15 is 0 Å². The topological polar surface area (TPSA) is 60.7 Å². The Hall–Kier alpha value is -1.88. The van der Waals surface area contributed by atoms with Crippen LogP contribution in [-0.2, 0) is 4.79 Å². The highest BCUT2D eigenvalue weighted by atomic mass is 35.5. The number of carbonyl (C=O) groups excluding carboxylic acids is 1. The van der Waals surface area contributed by atoms with Gasteiger partial charge in [0, 0.05) is 12.1 Å². The lowest BCUT2D eigenvalue weighted by molar-refractivity contribution is -0.136. The Bertz CT molecular complexity index is 767. The van der Waals surface area contributed by atoms with Gasteiger partial charge < -0.3 is 4.74 Å². The van der Waals surface area contributed by atoms with Gasteiger partial charge in [-0.05, 0) is 18.1 Å². The summed E-state index contributed by atoms with van der Waals surface area (Å²) < 4.78 is 6.53. The molecular formula is C14H13ClN2O3. The van der Waals surface area contributed by atoms with Crippen LogP contribution >= 0.6 is 11.6 Å². The summed E-state index contributed by atoms with van der Waals surface area (Å²) in [7, 11) is 0. The Kier molecular flexibility index (Phi) is 3.01. The quantitative estimate of drug-likeness (QED) is 0.757. The Morgan fingerprint density at radius 1 is 1.40 bits per heavy atom. The second kappa shape index (κ2) is 4.59. The summed E-state index contributed by atoms with van der Waals surface area (Å²) in [6, 6.07) is 3.26. The van der Waals surface area contributed by atoms with Gasteiger partial charge in [0.2, 0.25) is 5.88 Å². The first-order valence-corrected chi connectivity index (χ1v) is 6.77. The molecule has 1 aliphatic rings. The zero-order valence-electron chi connectivity index (χ0n) is 11.1. The van der Waals surface area contributed by atoms with E-state index in [0.717, 1.165) is 0 Å². The highest BCUT2D eigenvalue weighted by molar-refractivity contribution is 6.30. The Labute approximate surface area is 120 Å². The molecule has 1 atom stereocenters. The predicted molar refractivity (Wildman–Crippen MR) is 74.3 cm³/mol. The molecular weight excluding hydrogens is 280 g/mol. The summed E-state index contributed by atoms with van der Waals surface area (Å²) in [5.41, 5.74) is 0.647. The van der Waals surface area contributed by atoms with Crippen LogP contribution in [0.4, 0.5) is 0 Å². The zero-order chi connectivity index (χ0) is 14.4. The molecule has 0 fully saturated rings. The SMILES string of the molecule is CC(C)[C@H]1CC(=O)Oc2nc3ccc(Cl)cn3c(=O)c21. The highest BCUT2D eigenvalue weighted by Crippen LogP contribution is 2.35. The van der Waals surface area contributed by atoms with Crippen LogP contribution in [-0.4, -0.2) is 15.4 Å². The van der Waals surface area contributed by atoms with E-state index in [1.54, 1.807) is 12.1 Å². The van der Waals surface area contributed by atoms with Crippen LogP contribution in [0.3, 0.4) is 0 Å². The number of hydrogen-bond acceptors (Lipinski definition) is 4. The molecule has 0 aromatic carbocycles. The van der Waals surface area contributed by atoms with Gasteiger partial charge in [0.1, 0.15) is 5.65 Å². The van der Waals surface area contributed by atoms with Gasteiger partial charge in [-0.1, -0.05) is 25.4 Å². The number of fused-ring (bicyclic) bond motifs is 2. The lowest BCUT2D eigenvalue weighted by Crippen LogP contribution is -2.32. The van der Waals surface area contributed by atoms with Crippen LogP contribution < -0.4 is 10.3 Å². The van der Waals surface area contributed by atoms with Crippen molar-refractivity contribution in [3.05, 3.63) is 39.3 Å². The van der Waals surface area contributed by atoms with Crippen molar-refractivity contribution in [3.8, 4) is 5.88 Å². The summed E-state index contributed by atoms with van der Waals surface area (Å²) in [6.45, 7) is 3.94. The molecule has 5 nitrogen and oxygen atoms in total. The van der Waals surface area contributed by atoms with Crippen molar-refractivity contribution in [1.82, 2.24) is 9.38 Å². The van der Waals surface area contributed by atoms with Crippen LogP contribution in [0.15, 0.2) is 23.1 Å². The summed E-state index contributed by atoms with van der Waals surface area (Å²) in [6.07, 6.45) is 1.73. The lowest BCUT2D eigenvalue weighted by atomic mass is 9.85. The molecule has 0 aliphatic carbocycles. The maximum atomic E-state index is 12.6. The van der Waals surface area contributed by atoms with Gasteiger partial charge in [-0.25, -0.2) is 0 Å². The number of carbonyl (C=O) groups is 1. The standard InChI is InChI=1S/C14H13ClN2O3/c1-7(2)9-5-11(18)20-13-12(9)14(19)17-6-8(15)3-4-10(17)16-13/h3-4,6-7,9H,5H2,1-2H3/t9-/m1/s1. The average molecular weight is 293 g/mol. The minimum absolute atomic E-state index is 0.132. The summed E-state index contributed by atoms with van der Waals surface area (Å²) in [4.78, 5) is 28.5. The van der Waals surface area contributed by atoms with Gasteiger partial charge >= 0.3 is 5.97 Å². The van der Waals surface area contributed by atoms with Crippen molar-refractivity contribution in [2.45, 2.75) is 26.2 Å². The van der Waals surface area contributed by atoms with Crippen LogP contribution in [0.25, 0.3) is 5.65 Å². The number of rotatable bonds is 1. The van der Waals surface area contributed by atoms with Gasteiger partial charge in [0.05, 0.1) is 17.0 Å². The Morgan fingerprint density at radius 2 is 2.15 bits per heavy atom. The maximum absolute atomic E-state index is 12.6. The summed E-state index contributed by atoms with van der Waals surface area (Å²) >= 11 is 5.92. The number of hydrogen-bond donors (Lipinski definition) is 0. The molecule has 0 unspecified atom stereocenters. The molecule has 0 amide bonds. The van der Waals surface area contributed by atoms with E-state index in [2.05, 4.69) is 4.98 Å². The Morgan fingerprint density at radius 3 is 2.85 bits per heavy atom. The molecule has 104 valence electrons. The second-order valence-electron chi connectivity index (χ2n) is 5.24. The van der Waals surface area contributed by atoms with Crippen LogP contribution in [0.1, 0.15) is 31.7 Å². The van der Waals surface area contributed by atoms with Gasteiger partial charge in [-0.3, -0.25) is 14.0 Å². The van der Waals surface area contributed by atoms with Gasteiger partial charge in [-0.2, -0.15) is 4.98 Å². The molecule has 1 aliphatic heterocycles.